The summed E-state index contributed by atoms with van der Waals surface area (Å²) in [4.78, 5) is 36.4. The van der Waals surface area contributed by atoms with E-state index < -0.39 is 24.2 Å². The number of carboxylic acids is 1. The Morgan fingerprint density at radius 3 is 2.62 bits per heavy atom. The van der Waals surface area contributed by atoms with Gasteiger partial charge in [0, 0.05) is 17.3 Å². The Morgan fingerprint density at radius 1 is 1.27 bits per heavy atom. The van der Waals surface area contributed by atoms with Crippen molar-refractivity contribution in [3.05, 3.63) is 53.3 Å². The third-order valence-electron chi connectivity index (χ3n) is 3.04. The van der Waals surface area contributed by atoms with Crippen LogP contribution in [0.3, 0.4) is 0 Å². The molecule has 0 unspecified atom stereocenters. The first-order valence-electron chi connectivity index (χ1n) is 7.35. The SMILES string of the molecule is O=Cc1ccc(OCC#Cc2cnc(C(=O)NCC(=O)O)c(O)c2)cc1. The Balaban J connectivity index is 1.94. The molecule has 1 aromatic heterocycles. The van der Waals surface area contributed by atoms with Gasteiger partial charge in [-0.2, -0.15) is 0 Å². The van der Waals surface area contributed by atoms with Crippen molar-refractivity contribution < 1.29 is 29.3 Å². The third-order valence-corrected chi connectivity index (χ3v) is 3.04. The maximum absolute atomic E-state index is 11.7. The Hall–Kier alpha value is -3.86. The fourth-order valence-corrected chi connectivity index (χ4v) is 1.84. The zero-order valence-electron chi connectivity index (χ0n) is 13.4. The summed E-state index contributed by atoms with van der Waals surface area (Å²) >= 11 is 0. The number of nitrogens with zero attached hydrogens (tertiary/aromatic N) is 1. The second kappa shape index (κ2) is 8.84. The number of pyridine rings is 1. The molecule has 0 saturated carbocycles. The van der Waals surface area contributed by atoms with E-state index in [-0.39, 0.29) is 12.3 Å². The number of aldehydes is 1. The predicted molar refractivity (Wildman–Crippen MR) is 90.1 cm³/mol. The molecule has 0 fully saturated rings. The van der Waals surface area contributed by atoms with Crippen molar-refractivity contribution in [3.8, 4) is 23.3 Å². The molecule has 0 aliphatic carbocycles. The molecule has 0 aliphatic rings. The average molecular weight is 354 g/mol. The van der Waals surface area contributed by atoms with Crippen LogP contribution in [0.2, 0.25) is 0 Å². The maximum Gasteiger partial charge on any atom is 0.322 e. The van der Waals surface area contributed by atoms with Crippen molar-refractivity contribution in [3.63, 3.8) is 0 Å². The smallest absolute Gasteiger partial charge is 0.322 e. The minimum Gasteiger partial charge on any atom is -0.505 e. The molecule has 1 aromatic carbocycles. The van der Waals surface area contributed by atoms with Crippen LogP contribution in [-0.4, -0.2) is 46.5 Å². The fraction of sp³-hybridized carbons (Fsp3) is 0.111. The van der Waals surface area contributed by atoms with Crippen LogP contribution < -0.4 is 10.1 Å². The van der Waals surface area contributed by atoms with E-state index >= 15 is 0 Å². The molecule has 0 atom stereocenters. The van der Waals surface area contributed by atoms with Gasteiger partial charge in [-0.3, -0.25) is 14.4 Å². The van der Waals surface area contributed by atoms with E-state index in [4.69, 9.17) is 9.84 Å². The molecule has 8 heteroatoms. The number of carboxylic acid groups (broad SMARTS) is 1. The van der Waals surface area contributed by atoms with Gasteiger partial charge >= 0.3 is 5.97 Å². The van der Waals surface area contributed by atoms with Gasteiger partial charge in [-0.05, 0) is 30.3 Å². The van der Waals surface area contributed by atoms with Gasteiger partial charge in [0.1, 0.15) is 30.9 Å². The van der Waals surface area contributed by atoms with Crippen LogP contribution in [0, 0.1) is 11.8 Å². The van der Waals surface area contributed by atoms with E-state index in [9.17, 15) is 19.5 Å². The Labute approximate surface area is 148 Å². The van der Waals surface area contributed by atoms with E-state index in [1.54, 1.807) is 24.3 Å². The fourth-order valence-electron chi connectivity index (χ4n) is 1.84. The van der Waals surface area contributed by atoms with E-state index in [2.05, 4.69) is 22.1 Å². The zero-order chi connectivity index (χ0) is 18.9. The van der Waals surface area contributed by atoms with Crippen LogP contribution in [0.5, 0.6) is 11.5 Å². The molecule has 8 nitrogen and oxygen atoms in total. The van der Waals surface area contributed by atoms with E-state index in [1.165, 1.54) is 12.3 Å². The lowest BCUT2D eigenvalue weighted by Crippen LogP contribution is -2.29. The molecule has 0 radical (unpaired) electrons. The molecule has 26 heavy (non-hydrogen) atoms. The van der Waals surface area contributed by atoms with Crippen molar-refractivity contribution in [1.82, 2.24) is 10.3 Å². The molecule has 0 aliphatic heterocycles. The van der Waals surface area contributed by atoms with E-state index in [0.717, 1.165) is 6.29 Å². The summed E-state index contributed by atoms with van der Waals surface area (Å²) in [5.41, 5.74) is 0.609. The number of aromatic hydroxyl groups is 1. The summed E-state index contributed by atoms with van der Waals surface area (Å²) in [5.74, 6) is 3.57. The summed E-state index contributed by atoms with van der Waals surface area (Å²) < 4.78 is 5.38. The van der Waals surface area contributed by atoms with Crippen molar-refractivity contribution in [2.75, 3.05) is 13.2 Å². The topological polar surface area (TPSA) is 126 Å². The van der Waals surface area contributed by atoms with E-state index in [0.29, 0.717) is 16.9 Å². The molecule has 1 amide bonds. The molecule has 0 saturated heterocycles. The molecule has 0 spiro atoms. The summed E-state index contributed by atoms with van der Waals surface area (Å²) in [5, 5.41) is 20.4. The van der Waals surface area contributed by atoms with Crippen molar-refractivity contribution in [1.29, 1.82) is 0 Å². The number of hydrogen-bond acceptors (Lipinski definition) is 6. The monoisotopic (exact) mass is 354 g/mol. The average Bonchev–Trinajstić information content (AvgIpc) is 2.64. The number of amides is 1. The van der Waals surface area contributed by atoms with Gasteiger partial charge in [0.2, 0.25) is 0 Å². The number of rotatable bonds is 6. The van der Waals surface area contributed by atoms with Crippen molar-refractivity contribution in [2.45, 2.75) is 0 Å². The second-order valence-electron chi connectivity index (χ2n) is 4.95. The number of aliphatic carboxylic acids is 1. The van der Waals surface area contributed by atoms with Gasteiger partial charge in [0.15, 0.2) is 5.69 Å². The minimum absolute atomic E-state index is 0.0715. The number of aromatic nitrogens is 1. The van der Waals surface area contributed by atoms with Gasteiger partial charge in [0.05, 0.1) is 0 Å². The van der Waals surface area contributed by atoms with Gasteiger partial charge in [0.25, 0.3) is 5.91 Å². The van der Waals surface area contributed by atoms with E-state index in [1.807, 2.05) is 0 Å². The standard InChI is InChI=1S/C18H14N2O6/c21-11-12-3-5-14(6-4-12)26-7-1-2-13-8-15(22)17(19-9-13)18(25)20-10-16(23)24/h3-6,8-9,11,22H,7,10H2,(H,20,25)(H,23,24). The first kappa shape index (κ1) is 18.5. The lowest BCUT2D eigenvalue weighted by atomic mass is 10.2. The van der Waals surface area contributed by atoms with Crippen molar-refractivity contribution in [2.24, 2.45) is 0 Å². The normalized spacial score (nSPS) is 9.54. The van der Waals surface area contributed by atoms with Gasteiger partial charge in [-0.25, -0.2) is 4.98 Å². The zero-order valence-corrected chi connectivity index (χ0v) is 13.4. The third kappa shape index (κ3) is 5.35. The van der Waals surface area contributed by atoms with Crippen LogP contribution >= 0.6 is 0 Å². The second-order valence-corrected chi connectivity index (χ2v) is 4.95. The lowest BCUT2D eigenvalue weighted by Gasteiger charge is -2.04. The molecular weight excluding hydrogens is 340 g/mol. The molecule has 2 aromatic rings. The Kier molecular flexibility index (Phi) is 6.28. The number of benzene rings is 1. The maximum atomic E-state index is 11.7. The van der Waals surface area contributed by atoms with Gasteiger partial charge < -0.3 is 20.3 Å². The van der Waals surface area contributed by atoms with Gasteiger partial charge in [-0.1, -0.05) is 11.8 Å². The number of carbonyl (C=O) groups is 3. The predicted octanol–water partition coefficient (Wildman–Crippen LogP) is 0.845. The lowest BCUT2D eigenvalue weighted by molar-refractivity contribution is -0.135. The van der Waals surface area contributed by atoms with Crippen LogP contribution in [0.25, 0.3) is 0 Å². The first-order chi connectivity index (χ1) is 12.5. The summed E-state index contributed by atoms with van der Waals surface area (Å²) in [6.07, 6.45) is 2.01. The molecule has 1 heterocycles. The molecule has 3 N–H and O–H groups in total. The highest BCUT2D eigenvalue weighted by atomic mass is 16.5. The highest BCUT2D eigenvalue weighted by molar-refractivity contribution is 5.96. The Bertz CT molecular complexity index is 881. The highest BCUT2D eigenvalue weighted by Crippen LogP contribution is 2.15. The van der Waals surface area contributed by atoms with Crippen LogP contribution in [0.15, 0.2) is 36.5 Å². The number of nitrogens with one attached hydrogen (secondary N) is 1. The number of carbonyl (C=O) groups excluding carboxylic acids is 2. The molecule has 0 bridgehead atoms. The number of hydrogen-bond donors (Lipinski definition) is 3. The minimum atomic E-state index is -1.21. The molecule has 2 rings (SSSR count). The largest absolute Gasteiger partial charge is 0.505 e. The van der Waals surface area contributed by atoms with Crippen LogP contribution in [-0.2, 0) is 4.79 Å². The first-order valence-corrected chi connectivity index (χ1v) is 7.35. The molecule has 132 valence electrons. The van der Waals surface area contributed by atoms with Gasteiger partial charge in [-0.15, -0.1) is 0 Å². The Morgan fingerprint density at radius 2 is 2.00 bits per heavy atom. The quantitative estimate of drug-likeness (QED) is 0.518. The van der Waals surface area contributed by atoms with Crippen LogP contribution in [0.1, 0.15) is 26.4 Å². The summed E-state index contributed by atoms with van der Waals surface area (Å²) in [7, 11) is 0. The summed E-state index contributed by atoms with van der Waals surface area (Å²) in [6, 6.07) is 7.76. The van der Waals surface area contributed by atoms with Crippen LogP contribution in [0.4, 0.5) is 0 Å². The highest BCUT2D eigenvalue weighted by Gasteiger charge is 2.13. The summed E-state index contributed by atoms with van der Waals surface area (Å²) in [6.45, 7) is -0.505. The number of ether oxygens (including phenoxy) is 1. The van der Waals surface area contributed by atoms with Crippen molar-refractivity contribution >= 4 is 18.2 Å². The molecular formula is C18H14N2O6.